The van der Waals surface area contributed by atoms with Crippen molar-refractivity contribution in [2.24, 2.45) is 0 Å². The summed E-state index contributed by atoms with van der Waals surface area (Å²) in [6, 6.07) is 0. The van der Waals surface area contributed by atoms with Crippen LogP contribution in [0.1, 0.15) is 116 Å². The Hall–Kier alpha value is -0.970. The average Bonchev–Trinajstić information content (AvgIpc) is 2.53. The minimum Gasteiger partial charge on any atom is -0.472 e. The molecule has 0 saturated carbocycles. The first-order chi connectivity index (χ1) is 11.3. The van der Waals surface area contributed by atoms with Crippen LogP contribution in [0.25, 0.3) is 0 Å². The predicted octanol–water partition coefficient (Wildman–Crippen LogP) is 6.73. The van der Waals surface area contributed by atoms with Crippen LogP contribution in [0.15, 0.2) is 0 Å². The summed E-state index contributed by atoms with van der Waals surface area (Å²) in [6.45, 7) is 2.27. The minimum atomic E-state index is -1.01. The Morgan fingerprint density at radius 1 is 0.652 bits per heavy atom. The molecule has 2 nitrogen and oxygen atoms in total. The van der Waals surface area contributed by atoms with Gasteiger partial charge in [0.2, 0.25) is 0 Å². The van der Waals surface area contributed by atoms with Crippen molar-refractivity contribution in [1.29, 1.82) is 0 Å². The highest BCUT2D eigenvalue weighted by Gasteiger charge is 1.94. The third kappa shape index (κ3) is 21.0. The Balaban J connectivity index is 3.03. The number of carboxylic acids is 1. The molecule has 23 heavy (non-hydrogen) atoms. The molecule has 134 valence electrons. The molecule has 0 aliphatic heterocycles. The normalized spacial score (nSPS) is 10.3. The third-order valence-electron chi connectivity index (χ3n) is 4.35. The van der Waals surface area contributed by atoms with E-state index < -0.39 is 5.97 Å². The first-order valence-corrected chi connectivity index (χ1v) is 9.99. The van der Waals surface area contributed by atoms with Gasteiger partial charge in [-0.3, -0.25) is 0 Å². The fourth-order valence-corrected chi connectivity index (χ4v) is 2.90. The molecule has 0 radical (unpaired) electrons. The minimum absolute atomic E-state index is 0.727. The standard InChI is InChI=1S/C21H38O2/c1-2-3-4-5-6-7-8-9-10-11-12-13-14-15-16-17-18-19-20-21(22)23/h2-18H2,1H3,(H,22,23). The number of carboxylic acid groups (broad SMARTS) is 1. The molecule has 0 aliphatic rings. The Kier molecular flexibility index (Phi) is 18.3. The molecule has 0 fully saturated rings. The summed E-state index contributed by atoms with van der Waals surface area (Å²) in [4.78, 5) is 10.2. The van der Waals surface area contributed by atoms with Crippen LogP contribution in [-0.4, -0.2) is 11.1 Å². The number of hydrogen-bond acceptors (Lipinski definition) is 1. The van der Waals surface area contributed by atoms with E-state index in [0.29, 0.717) is 0 Å². The lowest BCUT2D eigenvalue weighted by molar-refractivity contribution is -0.130. The van der Waals surface area contributed by atoms with Crippen LogP contribution in [0.3, 0.4) is 0 Å². The van der Waals surface area contributed by atoms with Gasteiger partial charge in [-0.1, -0.05) is 109 Å². The van der Waals surface area contributed by atoms with E-state index in [2.05, 4.69) is 18.8 Å². The molecular weight excluding hydrogens is 284 g/mol. The predicted molar refractivity (Wildman–Crippen MR) is 99.6 cm³/mol. The highest BCUT2D eigenvalue weighted by molar-refractivity contribution is 5.86. The van der Waals surface area contributed by atoms with Gasteiger partial charge in [0.1, 0.15) is 0 Å². The second-order valence-corrected chi connectivity index (χ2v) is 6.66. The van der Waals surface area contributed by atoms with E-state index in [4.69, 9.17) is 5.11 Å². The van der Waals surface area contributed by atoms with E-state index in [0.717, 1.165) is 12.8 Å². The largest absolute Gasteiger partial charge is 0.472 e. The van der Waals surface area contributed by atoms with Crippen molar-refractivity contribution in [3.05, 3.63) is 0 Å². The Morgan fingerprint density at radius 2 is 1.00 bits per heavy atom. The number of hydrogen-bond donors (Lipinski definition) is 1. The van der Waals surface area contributed by atoms with E-state index in [1.807, 2.05) is 0 Å². The zero-order chi connectivity index (χ0) is 17.0. The van der Waals surface area contributed by atoms with Crippen LogP contribution in [0.4, 0.5) is 0 Å². The second kappa shape index (κ2) is 19.1. The summed E-state index contributed by atoms with van der Waals surface area (Å²) in [5.41, 5.74) is 0. The quantitative estimate of drug-likeness (QED) is 0.253. The summed E-state index contributed by atoms with van der Waals surface area (Å²) < 4.78 is 0. The Morgan fingerprint density at radius 3 is 1.35 bits per heavy atom. The molecule has 0 bridgehead atoms. The smallest absolute Gasteiger partial charge is 0.381 e. The van der Waals surface area contributed by atoms with Crippen molar-refractivity contribution in [2.45, 2.75) is 116 Å². The van der Waals surface area contributed by atoms with Crippen LogP contribution in [0.2, 0.25) is 0 Å². The molecule has 0 unspecified atom stereocenters. The summed E-state index contributed by atoms with van der Waals surface area (Å²) in [5.74, 6) is 3.84. The molecular formula is C21H38O2. The molecule has 0 amide bonds. The van der Waals surface area contributed by atoms with Crippen LogP contribution < -0.4 is 0 Å². The van der Waals surface area contributed by atoms with Crippen molar-refractivity contribution >= 4 is 5.97 Å². The summed E-state index contributed by atoms with van der Waals surface area (Å²) >= 11 is 0. The summed E-state index contributed by atoms with van der Waals surface area (Å²) in [5, 5.41) is 8.37. The van der Waals surface area contributed by atoms with Gasteiger partial charge in [-0.25, -0.2) is 4.79 Å². The average molecular weight is 323 g/mol. The van der Waals surface area contributed by atoms with E-state index in [9.17, 15) is 4.79 Å². The lowest BCUT2D eigenvalue weighted by atomic mass is 10.0. The van der Waals surface area contributed by atoms with E-state index in [1.54, 1.807) is 0 Å². The van der Waals surface area contributed by atoms with Gasteiger partial charge < -0.3 is 5.11 Å². The molecule has 0 aromatic carbocycles. The van der Waals surface area contributed by atoms with Gasteiger partial charge in [-0.05, 0) is 6.42 Å². The zero-order valence-electron chi connectivity index (χ0n) is 15.4. The van der Waals surface area contributed by atoms with E-state index in [-0.39, 0.29) is 0 Å². The van der Waals surface area contributed by atoms with Gasteiger partial charge >= 0.3 is 5.97 Å². The van der Waals surface area contributed by atoms with E-state index >= 15 is 0 Å². The zero-order valence-corrected chi connectivity index (χ0v) is 15.4. The second-order valence-electron chi connectivity index (χ2n) is 6.66. The summed E-state index contributed by atoms with van der Waals surface area (Å²) in [7, 11) is 0. The van der Waals surface area contributed by atoms with Crippen LogP contribution in [0.5, 0.6) is 0 Å². The highest BCUT2D eigenvalue weighted by Crippen LogP contribution is 2.13. The molecule has 1 N–H and O–H groups in total. The fraction of sp³-hybridized carbons (Fsp3) is 0.857. The fourth-order valence-electron chi connectivity index (χ4n) is 2.90. The summed E-state index contributed by atoms with van der Waals surface area (Å²) in [6.07, 6.45) is 22.5. The van der Waals surface area contributed by atoms with Crippen molar-refractivity contribution in [3.63, 3.8) is 0 Å². The molecule has 0 atom stereocenters. The first kappa shape index (κ1) is 22.0. The van der Waals surface area contributed by atoms with Crippen LogP contribution >= 0.6 is 0 Å². The Labute approximate surface area is 144 Å². The van der Waals surface area contributed by atoms with Gasteiger partial charge in [-0.2, -0.15) is 0 Å². The maximum absolute atomic E-state index is 10.2. The molecule has 0 spiro atoms. The Bertz CT molecular complexity index is 312. The molecule has 0 rings (SSSR count). The monoisotopic (exact) mass is 322 g/mol. The van der Waals surface area contributed by atoms with Gasteiger partial charge in [0.15, 0.2) is 0 Å². The maximum atomic E-state index is 10.2. The van der Waals surface area contributed by atoms with E-state index in [1.165, 1.54) is 96.3 Å². The number of unbranched alkanes of at least 4 members (excludes halogenated alkanes) is 16. The van der Waals surface area contributed by atoms with Gasteiger partial charge in [0, 0.05) is 12.3 Å². The van der Waals surface area contributed by atoms with Crippen molar-refractivity contribution in [3.8, 4) is 11.8 Å². The van der Waals surface area contributed by atoms with Crippen LogP contribution in [-0.2, 0) is 4.79 Å². The molecule has 2 heteroatoms. The van der Waals surface area contributed by atoms with Crippen molar-refractivity contribution in [2.75, 3.05) is 0 Å². The molecule has 0 heterocycles. The lowest BCUT2D eigenvalue weighted by Gasteiger charge is -2.03. The maximum Gasteiger partial charge on any atom is 0.381 e. The topological polar surface area (TPSA) is 37.3 Å². The highest BCUT2D eigenvalue weighted by atomic mass is 16.4. The molecule has 0 aromatic rings. The number of rotatable bonds is 16. The van der Waals surface area contributed by atoms with Crippen molar-refractivity contribution in [1.82, 2.24) is 0 Å². The SMILES string of the molecule is CCCCCCCCCCCCCCCCCCC#CC(=O)O. The number of aliphatic carboxylic acids is 1. The third-order valence-corrected chi connectivity index (χ3v) is 4.35. The molecule has 0 aliphatic carbocycles. The van der Waals surface area contributed by atoms with Crippen LogP contribution in [0, 0.1) is 11.8 Å². The van der Waals surface area contributed by atoms with Gasteiger partial charge in [0.05, 0.1) is 0 Å². The molecule has 0 aromatic heterocycles. The van der Waals surface area contributed by atoms with Gasteiger partial charge in [-0.15, -0.1) is 0 Å². The lowest BCUT2D eigenvalue weighted by Crippen LogP contribution is -1.86. The first-order valence-electron chi connectivity index (χ1n) is 9.99. The van der Waals surface area contributed by atoms with Gasteiger partial charge in [0.25, 0.3) is 0 Å². The molecule has 0 saturated heterocycles. The number of carbonyl (C=O) groups is 1. The van der Waals surface area contributed by atoms with Crippen molar-refractivity contribution < 1.29 is 9.90 Å².